The van der Waals surface area contributed by atoms with Crippen molar-refractivity contribution in [2.75, 3.05) is 27.4 Å². The number of methoxy groups -OCH3 is 2. The van der Waals surface area contributed by atoms with Gasteiger partial charge in [0.2, 0.25) is 0 Å². The van der Waals surface area contributed by atoms with Crippen molar-refractivity contribution in [1.29, 1.82) is 0 Å². The van der Waals surface area contributed by atoms with Crippen LogP contribution >= 0.6 is 0 Å². The average Bonchev–Trinajstić information content (AvgIpc) is 3.24. The zero-order valence-corrected chi connectivity index (χ0v) is 19.2. The van der Waals surface area contributed by atoms with Gasteiger partial charge in [0, 0.05) is 11.6 Å². The smallest absolute Gasteiger partial charge is 0.410 e. The van der Waals surface area contributed by atoms with E-state index < -0.39 is 0 Å². The molecule has 0 radical (unpaired) electrons. The number of nitrogens with zero attached hydrogens (tertiary/aromatic N) is 1. The lowest BCUT2D eigenvalue weighted by atomic mass is 10.0. The molecule has 2 atom stereocenters. The standard InChI is InChI=1S/C27H29NO5/c1-19(15-20-13-14-25(30-2)26(16-20)31-3)28-17-22(33-27(28)29)18-32-24-12-8-7-11-23(24)21-9-5-4-6-10-21/h4-14,16,19,22H,15,17-18H2,1-3H3. The molecule has 1 aliphatic heterocycles. The molecule has 3 aromatic rings. The summed E-state index contributed by atoms with van der Waals surface area (Å²) in [7, 11) is 3.23. The maximum atomic E-state index is 12.5. The molecule has 1 fully saturated rings. The molecular weight excluding hydrogens is 418 g/mol. The van der Waals surface area contributed by atoms with E-state index >= 15 is 0 Å². The van der Waals surface area contributed by atoms with Gasteiger partial charge in [-0.25, -0.2) is 4.79 Å². The van der Waals surface area contributed by atoms with Crippen molar-refractivity contribution in [2.24, 2.45) is 0 Å². The lowest BCUT2D eigenvalue weighted by molar-refractivity contribution is 0.102. The molecule has 1 amide bonds. The second-order valence-corrected chi connectivity index (χ2v) is 8.07. The second-order valence-electron chi connectivity index (χ2n) is 8.07. The van der Waals surface area contributed by atoms with E-state index in [-0.39, 0.29) is 18.2 Å². The Kier molecular flexibility index (Phi) is 7.03. The fraction of sp³-hybridized carbons (Fsp3) is 0.296. The van der Waals surface area contributed by atoms with Gasteiger partial charge in [-0.2, -0.15) is 0 Å². The van der Waals surface area contributed by atoms with Gasteiger partial charge in [-0.05, 0) is 42.7 Å². The zero-order chi connectivity index (χ0) is 23.2. The van der Waals surface area contributed by atoms with Crippen LogP contribution in [0.4, 0.5) is 4.79 Å². The summed E-state index contributed by atoms with van der Waals surface area (Å²) in [5, 5.41) is 0. The number of amides is 1. The van der Waals surface area contributed by atoms with Crippen LogP contribution in [0.1, 0.15) is 12.5 Å². The molecule has 0 saturated carbocycles. The highest BCUT2D eigenvalue weighted by Crippen LogP contribution is 2.31. The highest BCUT2D eigenvalue weighted by atomic mass is 16.6. The van der Waals surface area contributed by atoms with E-state index in [1.54, 1.807) is 19.1 Å². The van der Waals surface area contributed by atoms with Crippen LogP contribution in [-0.4, -0.2) is 50.5 Å². The molecule has 1 aliphatic rings. The van der Waals surface area contributed by atoms with Crippen LogP contribution in [0, 0.1) is 0 Å². The normalized spacial score (nSPS) is 16.3. The van der Waals surface area contributed by atoms with Gasteiger partial charge in [-0.3, -0.25) is 0 Å². The fourth-order valence-corrected chi connectivity index (χ4v) is 4.08. The molecule has 0 spiro atoms. The van der Waals surface area contributed by atoms with E-state index in [9.17, 15) is 4.79 Å². The van der Waals surface area contributed by atoms with Crippen molar-refractivity contribution < 1.29 is 23.7 Å². The van der Waals surface area contributed by atoms with Crippen LogP contribution in [0.5, 0.6) is 17.2 Å². The summed E-state index contributed by atoms with van der Waals surface area (Å²) in [5.41, 5.74) is 3.16. The number of cyclic esters (lactones) is 1. The summed E-state index contributed by atoms with van der Waals surface area (Å²) in [6, 6.07) is 23.8. The van der Waals surface area contributed by atoms with Crippen molar-refractivity contribution in [3.8, 4) is 28.4 Å². The maximum Gasteiger partial charge on any atom is 0.410 e. The molecule has 0 aliphatic carbocycles. The molecule has 0 bridgehead atoms. The Morgan fingerprint density at radius 1 is 0.939 bits per heavy atom. The topological polar surface area (TPSA) is 57.2 Å². The Hall–Kier alpha value is -3.67. The monoisotopic (exact) mass is 447 g/mol. The first-order valence-electron chi connectivity index (χ1n) is 11.0. The molecule has 33 heavy (non-hydrogen) atoms. The zero-order valence-electron chi connectivity index (χ0n) is 19.2. The number of ether oxygens (including phenoxy) is 4. The van der Waals surface area contributed by atoms with E-state index in [4.69, 9.17) is 18.9 Å². The highest BCUT2D eigenvalue weighted by Gasteiger charge is 2.35. The Morgan fingerprint density at radius 3 is 2.42 bits per heavy atom. The van der Waals surface area contributed by atoms with Gasteiger partial charge in [0.1, 0.15) is 12.4 Å². The number of hydrogen-bond donors (Lipinski definition) is 0. The Labute approximate surface area is 194 Å². The van der Waals surface area contributed by atoms with E-state index in [1.807, 2.05) is 67.6 Å². The SMILES string of the molecule is COc1ccc(CC(C)N2CC(COc3ccccc3-c3ccccc3)OC2=O)cc1OC. The molecule has 6 heteroatoms. The largest absolute Gasteiger partial charge is 0.493 e. The molecule has 1 saturated heterocycles. The minimum Gasteiger partial charge on any atom is -0.493 e. The highest BCUT2D eigenvalue weighted by molar-refractivity contribution is 5.71. The summed E-state index contributed by atoms with van der Waals surface area (Å²) in [6.45, 7) is 2.81. The molecule has 3 aromatic carbocycles. The Balaban J connectivity index is 1.37. The minimum absolute atomic E-state index is 0.0304. The third-order valence-electron chi connectivity index (χ3n) is 5.81. The molecule has 6 nitrogen and oxygen atoms in total. The van der Waals surface area contributed by atoms with Crippen LogP contribution in [0.2, 0.25) is 0 Å². The molecular formula is C27H29NO5. The summed E-state index contributed by atoms with van der Waals surface area (Å²) in [6.07, 6.45) is 0.0435. The van der Waals surface area contributed by atoms with Crippen LogP contribution in [0.25, 0.3) is 11.1 Å². The second kappa shape index (κ2) is 10.3. The third-order valence-corrected chi connectivity index (χ3v) is 5.81. The summed E-state index contributed by atoms with van der Waals surface area (Å²) >= 11 is 0. The van der Waals surface area contributed by atoms with Crippen molar-refractivity contribution in [2.45, 2.75) is 25.5 Å². The van der Waals surface area contributed by atoms with Gasteiger partial charge in [-0.15, -0.1) is 0 Å². The number of carbonyl (C=O) groups excluding carboxylic acids is 1. The Bertz CT molecular complexity index is 1080. The number of rotatable bonds is 9. The third kappa shape index (κ3) is 5.22. The summed E-state index contributed by atoms with van der Waals surface area (Å²) in [4.78, 5) is 14.3. The van der Waals surface area contributed by atoms with Gasteiger partial charge in [0.25, 0.3) is 0 Å². The van der Waals surface area contributed by atoms with Gasteiger partial charge >= 0.3 is 6.09 Å². The van der Waals surface area contributed by atoms with Crippen molar-refractivity contribution in [1.82, 2.24) is 4.90 Å². The van der Waals surface area contributed by atoms with Crippen molar-refractivity contribution >= 4 is 6.09 Å². The molecule has 0 aromatic heterocycles. The van der Waals surface area contributed by atoms with Crippen LogP contribution in [0.15, 0.2) is 72.8 Å². The van der Waals surface area contributed by atoms with E-state index in [0.717, 1.165) is 22.4 Å². The first kappa shape index (κ1) is 22.5. The minimum atomic E-state index is -0.325. The number of hydrogen-bond acceptors (Lipinski definition) is 5. The maximum absolute atomic E-state index is 12.5. The van der Waals surface area contributed by atoms with Crippen molar-refractivity contribution in [3.05, 3.63) is 78.4 Å². The van der Waals surface area contributed by atoms with Gasteiger partial charge in [-0.1, -0.05) is 54.6 Å². The van der Waals surface area contributed by atoms with Crippen LogP contribution < -0.4 is 14.2 Å². The van der Waals surface area contributed by atoms with Gasteiger partial charge in [0.15, 0.2) is 17.6 Å². The molecule has 0 N–H and O–H groups in total. The van der Waals surface area contributed by atoms with Crippen molar-refractivity contribution in [3.63, 3.8) is 0 Å². The molecule has 1 heterocycles. The molecule has 2 unspecified atom stereocenters. The van der Waals surface area contributed by atoms with Crippen LogP contribution in [0.3, 0.4) is 0 Å². The van der Waals surface area contributed by atoms with E-state index in [2.05, 4.69) is 12.1 Å². The first-order chi connectivity index (χ1) is 16.1. The number of carbonyl (C=O) groups is 1. The fourth-order valence-electron chi connectivity index (χ4n) is 4.08. The molecule has 172 valence electrons. The van der Waals surface area contributed by atoms with Crippen LogP contribution in [-0.2, 0) is 11.2 Å². The van der Waals surface area contributed by atoms with Gasteiger partial charge in [0.05, 0.1) is 20.8 Å². The van der Waals surface area contributed by atoms with E-state index in [0.29, 0.717) is 31.1 Å². The quantitative estimate of drug-likeness (QED) is 0.451. The van der Waals surface area contributed by atoms with E-state index in [1.165, 1.54) is 0 Å². The lowest BCUT2D eigenvalue weighted by Crippen LogP contribution is -2.36. The lowest BCUT2D eigenvalue weighted by Gasteiger charge is -2.22. The predicted molar refractivity (Wildman–Crippen MR) is 127 cm³/mol. The summed E-state index contributed by atoms with van der Waals surface area (Å²) in [5.74, 6) is 2.13. The molecule has 4 rings (SSSR count). The van der Waals surface area contributed by atoms with Gasteiger partial charge < -0.3 is 23.8 Å². The number of benzene rings is 3. The Morgan fingerprint density at radius 2 is 1.67 bits per heavy atom. The summed E-state index contributed by atoms with van der Waals surface area (Å²) < 4.78 is 22.4. The number of para-hydroxylation sites is 1. The first-order valence-corrected chi connectivity index (χ1v) is 11.0. The average molecular weight is 448 g/mol. The predicted octanol–water partition coefficient (Wildman–Crippen LogP) is 5.20.